The van der Waals surface area contributed by atoms with E-state index in [0.29, 0.717) is 29.7 Å². The average Bonchev–Trinajstić information content (AvgIpc) is 2.96. The smallest absolute Gasteiger partial charge is 0.323 e. The lowest BCUT2D eigenvalue weighted by atomic mass is 10.1. The van der Waals surface area contributed by atoms with Gasteiger partial charge in [0.2, 0.25) is 0 Å². The molecule has 3 aromatic rings. The Balaban J connectivity index is 1.82. The summed E-state index contributed by atoms with van der Waals surface area (Å²) in [6.07, 6.45) is 4.26. The molecule has 6 nitrogen and oxygen atoms in total. The molecule has 0 unspecified atom stereocenters. The Morgan fingerprint density at radius 2 is 1.96 bits per heavy atom. The topological polar surface area (TPSA) is 81.8 Å². The highest BCUT2D eigenvalue weighted by molar-refractivity contribution is 6.04. The molecule has 0 aliphatic carbocycles. The highest BCUT2D eigenvalue weighted by atomic mass is 16.2. The second kappa shape index (κ2) is 6.48. The van der Waals surface area contributed by atoms with E-state index in [1.807, 2.05) is 19.1 Å². The van der Waals surface area contributed by atoms with Crippen molar-refractivity contribution in [1.82, 2.24) is 19.9 Å². The van der Waals surface area contributed by atoms with Crippen molar-refractivity contribution in [3.63, 3.8) is 0 Å². The van der Waals surface area contributed by atoms with Crippen LogP contribution in [0.1, 0.15) is 22.8 Å². The normalized spacial score (nSPS) is 10.8. The predicted molar refractivity (Wildman–Crippen MR) is 88.4 cm³/mol. The summed E-state index contributed by atoms with van der Waals surface area (Å²) in [4.78, 5) is 35.4. The molecule has 0 spiro atoms. The van der Waals surface area contributed by atoms with E-state index in [4.69, 9.17) is 0 Å². The van der Waals surface area contributed by atoms with Crippen molar-refractivity contribution in [3.8, 4) is 0 Å². The second-order valence-electron chi connectivity index (χ2n) is 5.30. The standard InChI is InChI=1S/C17H18N4O2/c1-2-21(11-8-12-6-9-18-10-7-12)16(22)13-4-3-5-14-15(13)20-17(23)19-14/h3-7,9-10H,2,8,11H2,1H3,(H2,19,20,23). The number of imidazole rings is 1. The molecule has 0 aliphatic rings. The minimum absolute atomic E-state index is 0.0811. The van der Waals surface area contributed by atoms with Gasteiger partial charge in [-0.15, -0.1) is 0 Å². The van der Waals surface area contributed by atoms with Crippen molar-refractivity contribution >= 4 is 16.9 Å². The highest BCUT2D eigenvalue weighted by Gasteiger charge is 2.17. The fraction of sp³-hybridized carbons (Fsp3) is 0.235. The van der Waals surface area contributed by atoms with Gasteiger partial charge in [-0.1, -0.05) is 6.07 Å². The second-order valence-corrected chi connectivity index (χ2v) is 5.30. The van der Waals surface area contributed by atoms with Crippen LogP contribution >= 0.6 is 0 Å². The molecule has 0 aliphatic heterocycles. The third-order valence-electron chi connectivity index (χ3n) is 3.87. The molecule has 6 heteroatoms. The number of benzene rings is 1. The number of aromatic amines is 2. The Morgan fingerprint density at radius 3 is 2.70 bits per heavy atom. The zero-order valence-electron chi connectivity index (χ0n) is 12.9. The SMILES string of the molecule is CCN(CCc1ccncc1)C(=O)c1cccc2[nH]c(=O)[nH]c12. The number of hydrogen-bond acceptors (Lipinski definition) is 3. The van der Waals surface area contributed by atoms with E-state index in [1.54, 1.807) is 35.5 Å². The number of aromatic nitrogens is 3. The first-order chi connectivity index (χ1) is 11.2. The fourth-order valence-corrected chi connectivity index (χ4v) is 2.62. The molecule has 1 amide bonds. The number of H-pyrrole nitrogens is 2. The summed E-state index contributed by atoms with van der Waals surface area (Å²) in [5.41, 5.74) is 2.55. The number of nitrogens with one attached hydrogen (secondary N) is 2. The molecule has 0 radical (unpaired) electrons. The summed E-state index contributed by atoms with van der Waals surface area (Å²) in [7, 11) is 0. The molecular formula is C17H18N4O2. The first-order valence-electron chi connectivity index (χ1n) is 7.58. The van der Waals surface area contributed by atoms with Crippen molar-refractivity contribution in [3.05, 3.63) is 64.3 Å². The summed E-state index contributed by atoms with van der Waals surface area (Å²) in [5.74, 6) is -0.0811. The predicted octanol–water partition coefficient (Wildman–Crippen LogP) is 1.96. The van der Waals surface area contributed by atoms with Crippen molar-refractivity contribution in [2.24, 2.45) is 0 Å². The van der Waals surface area contributed by atoms with Gasteiger partial charge in [0, 0.05) is 25.5 Å². The van der Waals surface area contributed by atoms with Gasteiger partial charge in [-0.2, -0.15) is 0 Å². The van der Waals surface area contributed by atoms with Crippen molar-refractivity contribution < 1.29 is 4.79 Å². The summed E-state index contributed by atoms with van der Waals surface area (Å²) >= 11 is 0. The molecule has 3 rings (SSSR count). The van der Waals surface area contributed by atoms with Crippen LogP contribution in [0.4, 0.5) is 0 Å². The number of nitrogens with zero attached hydrogens (tertiary/aromatic N) is 2. The van der Waals surface area contributed by atoms with Crippen LogP contribution in [-0.2, 0) is 6.42 Å². The van der Waals surface area contributed by atoms with Crippen LogP contribution < -0.4 is 5.69 Å². The van der Waals surface area contributed by atoms with Crippen LogP contribution in [0.15, 0.2) is 47.5 Å². The number of likely N-dealkylation sites (N-methyl/N-ethyl adjacent to an activating group) is 1. The largest absolute Gasteiger partial charge is 0.339 e. The van der Waals surface area contributed by atoms with E-state index in [-0.39, 0.29) is 11.6 Å². The Labute approximate surface area is 133 Å². The molecule has 118 valence electrons. The molecule has 2 aromatic heterocycles. The number of pyridine rings is 1. The Kier molecular flexibility index (Phi) is 4.23. The quantitative estimate of drug-likeness (QED) is 0.756. The van der Waals surface area contributed by atoms with Crippen LogP contribution in [0.2, 0.25) is 0 Å². The van der Waals surface area contributed by atoms with Crippen LogP contribution in [-0.4, -0.2) is 38.8 Å². The maximum Gasteiger partial charge on any atom is 0.323 e. The van der Waals surface area contributed by atoms with Crippen molar-refractivity contribution in [1.29, 1.82) is 0 Å². The first-order valence-corrected chi connectivity index (χ1v) is 7.58. The molecule has 0 fully saturated rings. The fourth-order valence-electron chi connectivity index (χ4n) is 2.62. The highest BCUT2D eigenvalue weighted by Crippen LogP contribution is 2.15. The van der Waals surface area contributed by atoms with Gasteiger partial charge in [-0.3, -0.25) is 9.78 Å². The number of rotatable bonds is 5. The number of amides is 1. The van der Waals surface area contributed by atoms with Gasteiger partial charge in [-0.05, 0) is 43.2 Å². The Bertz CT molecular complexity index is 867. The van der Waals surface area contributed by atoms with E-state index in [2.05, 4.69) is 15.0 Å². The molecular weight excluding hydrogens is 292 g/mol. The van der Waals surface area contributed by atoms with E-state index < -0.39 is 0 Å². The lowest BCUT2D eigenvalue weighted by Gasteiger charge is -2.21. The lowest BCUT2D eigenvalue weighted by molar-refractivity contribution is 0.0768. The summed E-state index contributed by atoms with van der Waals surface area (Å²) in [5, 5.41) is 0. The monoisotopic (exact) mass is 310 g/mol. The van der Waals surface area contributed by atoms with Crippen molar-refractivity contribution in [2.45, 2.75) is 13.3 Å². The van der Waals surface area contributed by atoms with Crippen LogP contribution in [0.25, 0.3) is 11.0 Å². The molecule has 2 N–H and O–H groups in total. The third-order valence-corrected chi connectivity index (χ3v) is 3.87. The minimum Gasteiger partial charge on any atom is -0.339 e. The van der Waals surface area contributed by atoms with Gasteiger partial charge < -0.3 is 14.9 Å². The molecule has 2 heterocycles. The number of hydrogen-bond donors (Lipinski definition) is 2. The van der Waals surface area contributed by atoms with Gasteiger partial charge in [-0.25, -0.2) is 4.79 Å². The zero-order chi connectivity index (χ0) is 16.2. The van der Waals surface area contributed by atoms with E-state index in [1.165, 1.54) is 0 Å². The Morgan fingerprint density at radius 1 is 1.17 bits per heavy atom. The number of para-hydroxylation sites is 1. The lowest BCUT2D eigenvalue weighted by Crippen LogP contribution is -2.33. The molecule has 0 bridgehead atoms. The number of carbonyl (C=O) groups is 1. The van der Waals surface area contributed by atoms with E-state index in [0.717, 1.165) is 12.0 Å². The molecule has 0 atom stereocenters. The molecule has 23 heavy (non-hydrogen) atoms. The third kappa shape index (κ3) is 3.15. The molecule has 0 saturated heterocycles. The zero-order valence-corrected chi connectivity index (χ0v) is 12.9. The van der Waals surface area contributed by atoms with Crippen LogP contribution in [0.5, 0.6) is 0 Å². The van der Waals surface area contributed by atoms with Crippen LogP contribution in [0.3, 0.4) is 0 Å². The molecule has 1 aromatic carbocycles. The van der Waals surface area contributed by atoms with E-state index >= 15 is 0 Å². The summed E-state index contributed by atoms with van der Waals surface area (Å²) in [6, 6.07) is 9.18. The van der Waals surface area contributed by atoms with Gasteiger partial charge >= 0.3 is 5.69 Å². The van der Waals surface area contributed by atoms with E-state index in [9.17, 15) is 9.59 Å². The summed E-state index contributed by atoms with van der Waals surface area (Å²) < 4.78 is 0. The minimum atomic E-state index is -0.305. The van der Waals surface area contributed by atoms with Gasteiger partial charge in [0.25, 0.3) is 5.91 Å². The maximum absolute atomic E-state index is 12.8. The number of fused-ring (bicyclic) bond motifs is 1. The van der Waals surface area contributed by atoms with Gasteiger partial charge in [0.05, 0.1) is 16.6 Å². The molecule has 0 saturated carbocycles. The maximum atomic E-state index is 12.8. The van der Waals surface area contributed by atoms with Crippen molar-refractivity contribution in [2.75, 3.05) is 13.1 Å². The Hall–Kier alpha value is -2.89. The summed E-state index contributed by atoms with van der Waals surface area (Å²) in [6.45, 7) is 3.17. The first kappa shape index (κ1) is 15.0. The van der Waals surface area contributed by atoms with Gasteiger partial charge in [0.15, 0.2) is 0 Å². The average molecular weight is 310 g/mol. The number of carbonyl (C=O) groups excluding carboxylic acids is 1. The van der Waals surface area contributed by atoms with Crippen LogP contribution in [0, 0.1) is 0 Å². The van der Waals surface area contributed by atoms with Gasteiger partial charge in [0.1, 0.15) is 0 Å².